The highest BCUT2D eigenvalue weighted by Crippen LogP contribution is 2.31. The number of ether oxygens (including phenoxy) is 1. The number of hydrogen-bond donors (Lipinski definition) is 1. The molecule has 106 valence electrons. The van der Waals surface area contributed by atoms with Gasteiger partial charge in [0, 0.05) is 24.6 Å². The van der Waals surface area contributed by atoms with Gasteiger partial charge in [0.1, 0.15) is 5.75 Å². The number of amides is 1. The van der Waals surface area contributed by atoms with Crippen LogP contribution in [0.5, 0.6) is 5.75 Å². The van der Waals surface area contributed by atoms with Crippen molar-refractivity contribution in [2.45, 2.75) is 20.3 Å². The van der Waals surface area contributed by atoms with Crippen LogP contribution in [0.2, 0.25) is 0 Å². The monoisotopic (exact) mass is 272 g/mol. The molecule has 0 spiro atoms. The van der Waals surface area contributed by atoms with Crippen molar-refractivity contribution < 1.29 is 9.53 Å². The van der Waals surface area contributed by atoms with E-state index < -0.39 is 0 Å². The zero-order valence-electron chi connectivity index (χ0n) is 12.2. The first-order chi connectivity index (χ1) is 9.43. The minimum atomic E-state index is -0.217. The van der Waals surface area contributed by atoms with Gasteiger partial charge < -0.3 is 15.4 Å². The van der Waals surface area contributed by atoms with Gasteiger partial charge in [-0.2, -0.15) is 0 Å². The molecule has 0 bridgehead atoms. The molecule has 2 rings (SSSR count). The first kappa shape index (κ1) is 14.4. The second kappa shape index (κ2) is 5.56. The Balaban J connectivity index is 2.36. The van der Waals surface area contributed by atoms with E-state index in [1.807, 2.05) is 32.0 Å². The molecule has 0 aliphatic carbocycles. The van der Waals surface area contributed by atoms with Crippen molar-refractivity contribution in [2.24, 2.45) is 11.1 Å². The predicted octanol–water partition coefficient (Wildman–Crippen LogP) is 1.77. The first-order valence-corrected chi connectivity index (χ1v) is 6.69. The van der Waals surface area contributed by atoms with Crippen LogP contribution < -0.4 is 15.4 Å². The molecule has 0 saturated carbocycles. The van der Waals surface area contributed by atoms with Crippen LogP contribution in [-0.4, -0.2) is 26.1 Å². The number of nitrogens with two attached hydrogens (primary N) is 1. The van der Waals surface area contributed by atoms with Gasteiger partial charge in [-0.05, 0) is 32.0 Å². The van der Waals surface area contributed by atoms with Crippen LogP contribution in [0.15, 0.2) is 18.2 Å². The van der Waals surface area contributed by atoms with E-state index in [1.165, 1.54) is 0 Å². The van der Waals surface area contributed by atoms with Crippen molar-refractivity contribution in [1.29, 1.82) is 0 Å². The van der Waals surface area contributed by atoms with Crippen LogP contribution in [-0.2, 0) is 4.79 Å². The molecule has 0 saturated heterocycles. The lowest BCUT2D eigenvalue weighted by Crippen LogP contribution is -2.25. The molecule has 0 atom stereocenters. The topological polar surface area (TPSA) is 55.6 Å². The lowest BCUT2D eigenvalue weighted by atomic mass is 9.94. The van der Waals surface area contributed by atoms with Crippen molar-refractivity contribution in [3.63, 3.8) is 0 Å². The molecule has 1 amide bonds. The third-order valence-corrected chi connectivity index (χ3v) is 3.32. The summed E-state index contributed by atoms with van der Waals surface area (Å²) in [4.78, 5) is 13.5. The van der Waals surface area contributed by atoms with Crippen LogP contribution in [0.1, 0.15) is 25.8 Å². The highest BCUT2D eigenvalue weighted by atomic mass is 16.5. The number of nitrogens with zero attached hydrogens (tertiary/aromatic N) is 1. The van der Waals surface area contributed by atoms with Gasteiger partial charge in [0.25, 0.3) is 0 Å². The van der Waals surface area contributed by atoms with E-state index >= 15 is 0 Å². The van der Waals surface area contributed by atoms with Crippen molar-refractivity contribution in [1.82, 2.24) is 0 Å². The van der Waals surface area contributed by atoms with E-state index in [2.05, 4.69) is 11.8 Å². The fourth-order valence-corrected chi connectivity index (χ4v) is 1.82. The van der Waals surface area contributed by atoms with Crippen molar-refractivity contribution >= 4 is 11.6 Å². The van der Waals surface area contributed by atoms with Crippen LogP contribution in [0.3, 0.4) is 0 Å². The normalized spacial score (nSPS) is 14.8. The minimum Gasteiger partial charge on any atom is -0.491 e. The average Bonchev–Trinajstić information content (AvgIpc) is 2.57. The molecule has 1 heterocycles. The summed E-state index contributed by atoms with van der Waals surface area (Å²) < 4.78 is 5.58. The molecule has 1 aromatic rings. The van der Waals surface area contributed by atoms with Gasteiger partial charge in [0.2, 0.25) is 5.91 Å². The second-order valence-corrected chi connectivity index (χ2v) is 5.57. The van der Waals surface area contributed by atoms with Crippen molar-refractivity contribution in [3.05, 3.63) is 23.8 Å². The summed E-state index contributed by atoms with van der Waals surface area (Å²) in [6.07, 6.45) is 0.395. The summed E-state index contributed by atoms with van der Waals surface area (Å²) in [6, 6.07) is 5.66. The summed E-state index contributed by atoms with van der Waals surface area (Å²) in [5.41, 5.74) is 7.07. The number of carbonyl (C=O) groups is 1. The second-order valence-electron chi connectivity index (χ2n) is 5.57. The van der Waals surface area contributed by atoms with E-state index in [0.29, 0.717) is 19.6 Å². The Morgan fingerprint density at radius 3 is 2.90 bits per heavy atom. The van der Waals surface area contributed by atoms with Gasteiger partial charge in [0.05, 0.1) is 18.7 Å². The fraction of sp³-hybridized carbons (Fsp3) is 0.438. The van der Waals surface area contributed by atoms with E-state index in [0.717, 1.165) is 17.0 Å². The molecule has 1 aliphatic rings. The van der Waals surface area contributed by atoms with Gasteiger partial charge in [-0.25, -0.2) is 0 Å². The summed E-state index contributed by atoms with van der Waals surface area (Å²) >= 11 is 0. The summed E-state index contributed by atoms with van der Waals surface area (Å²) in [5, 5.41) is 0. The maximum Gasteiger partial charge on any atom is 0.230 e. The molecule has 0 aromatic heterocycles. The Labute approximate surface area is 119 Å². The summed E-state index contributed by atoms with van der Waals surface area (Å²) in [7, 11) is 1.76. The van der Waals surface area contributed by atoms with Crippen molar-refractivity contribution in [2.75, 3.05) is 25.1 Å². The highest BCUT2D eigenvalue weighted by molar-refractivity contribution is 5.95. The molecule has 20 heavy (non-hydrogen) atoms. The first-order valence-electron chi connectivity index (χ1n) is 6.69. The number of fused-ring (bicyclic) bond motifs is 1. The van der Waals surface area contributed by atoms with Crippen molar-refractivity contribution in [3.8, 4) is 17.6 Å². The molecular weight excluding hydrogens is 252 g/mol. The Morgan fingerprint density at radius 1 is 1.45 bits per heavy atom. The van der Waals surface area contributed by atoms with Gasteiger partial charge in [-0.3, -0.25) is 4.79 Å². The Hall–Kier alpha value is -1.99. The van der Waals surface area contributed by atoms with E-state index in [9.17, 15) is 4.79 Å². The predicted molar refractivity (Wildman–Crippen MR) is 79.7 cm³/mol. The zero-order chi connectivity index (χ0) is 14.8. The number of carbonyl (C=O) groups excluding carboxylic acids is 1. The van der Waals surface area contributed by atoms with E-state index in [1.54, 1.807) is 11.9 Å². The number of anilines is 1. The largest absolute Gasteiger partial charge is 0.491 e. The summed E-state index contributed by atoms with van der Waals surface area (Å²) in [5.74, 6) is 7.05. The van der Waals surface area contributed by atoms with Gasteiger partial charge in [-0.1, -0.05) is 11.8 Å². The third kappa shape index (κ3) is 3.12. The fourth-order valence-electron chi connectivity index (χ4n) is 1.82. The Kier molecular flexibility index (Phi) is 4.01. The van der Waals surface area contributed by atoms with Gasteiger partial charge in [-0.15, -0.1) is 0 Å². The molecule has 0 unspecified atom stereocenters. The minimum absolute atomic E-state index is 0.0520. The molecule has 2 N–H and O–H groups in total. The molecule has 0 radical (unpaired) electrons. The molecule has 0 fully saturated rings. The highest BCUT2D eigenvalue weighted by Gasteiger charge is 2.20. The molecule has 1 aliphatic heterocycles. The van der Waals surface area contributed by atoms with Gasteiger partial charge >= 0.3 is 0 Å². The van der Waals surface area contributed by atoms with Crippen LogP contribution >= 0.6 is 0 Å². The van der Waals surface area contributed by atoms with E-state index in [-0.39, 0.29) is 11.3 Å². The smallest absolute Gasteiger partial charge is 0.230 e. The lowest BCUT2D eigenvalue weighted by molar-refractivity contribution is -0.118. The van der Waals surface area contributed by atoms with Crippen LogP contribution in [0.25, 0.3) is 0 Å². The molecule has 4 nitrogen and oxygen atoms in total. The third-order valence-electron chi connectivity index (χ3n) is 3.32. The maximum absolute atomic E-state index is 11.8. The number of rotatable bonds is 1. The molecule has 4 heteroatoms. The standard InChI is InChI=1S/C16H20N2O2/c1-16(2,11-17)8-6-12-4-5-14-13(10-12)18(3)15(19)7-9-20-14/h4-5,10H,7,9,11,17H2,1-3H3. The summed E-state index contributed by atoms with van der Waals surface area (Å²) in [6.45, 7) is 4.93. The number of hydrogen-bond acceptors (Lipinski definition) is 3. The Morgan fingerprint density at radius 2 is 2.20 bits per heavy atom. The van der Waals surface area contributed by atoms with Gasteiger partial charge in [0.15, 0.2) is 0 Å². The quantitative estimate of drug-likeness (QED) is 0.793. The lowest BCUT2D eigenvalue weighted by Gasteiger charge is -2.16. The zero-order valence-corrected chi connectivity index (χ0v) is 12.2. The SMILES string of the molecule is CN1C(=O)CCOc2ccc(C#CC(C)(C)CN)cc21. The number of benzene rings is 1. The maximum atomic E-state index is 11.8. The average molecular weight is 272 g/mol. The van der Waals surface area contributed by atoms with Crippen LogP contribution in [0.4, 0.5) is 5.69 Å². The Bertz CT molecular complexity index is 582. The van der Waals surface area contributed by atoms with Crippen LogP contribution in [0, 0.1) is 17.3 Å². The molecule has 1 aromatic carbocycles. The van der Waals surface area contributed by atoms with E-state index in [4.69, 9.17) is 10.5 Å². The molecular formula is C16H20N2O2.